The lowest BCUT2D eigenvalue weighted by atomic mass is 10.1. The van der Waals surface area contributed by atoms with Crippen LogP contribution >= 0.6 is 0 Å². The van der Waals surface area contributed by atoms with E-state index in [1.165, 1.54) is 19.2 Å². The van der Waals surface area contributed by atoms with Gasteiger partial charge >= 0.3 is 0 Å². The van der Waals surface area contributed by atoms with Crippen LogP contribution in [-0.4, -0.2) is 53.2 Å². The lowest BCUT2D eigenvalue weighted by molar-refractivity contribution is -0.0291. The fourth-order valence-corrected chi connectivity index (χ4v) is 4.04. The molecule has 1 N–H and O–H groups in total. The first-order chi connectivity index (χ1) is 13.0. The van der Waals surface area contributed by atoms with Crippen molar-refractivity contribution in [1.29, 1.82) is 0 Å². The Balaban J connectivity index is 1.55. The van der Waals surface area contributed by atoms with E-state index in [0.717, 1.165) is 18.2 Å². The van der Waals surface area contributed by atoms with Crippen LogP contribution in [0, 0.1) is 5.82 Å². The molecule has 2 aromatic carbocycles. The minimum Gasteiger partial charge on any atom is -0.494 e. The van der Waals surface area contributed by atoms with Gasteiger partial charge in [-0.3, -0.25) is 4.90 Å². The summed E-state index contributed by atoms with van der Waals surface area (Å²) in [6.45, 7) is 2.81. The van der Waals surface area contributed by atoms with Crippen LogP contribution in [0.2, 0.25) is 0 Å². The second kappa shape index (κ2) is 8.79. The fourth-order valence-electron chi connectivity index (χ4n) is 3.01. The molecule has 1 aliphatic heterocycles. The standard InChI is InChI=1S/C19H23FN2O4S/c1-25-18-8-7-16(13-17(18)20)27(23,24)21-9-10-22-11-12-26-19(14-22)15-5-3-2-4-6-15/h2-8,13,19,21H,9-12,14H2,1H3/t19-/m1/s1. The Hall–Kier alpha value is -2.00. The average molecular weight is 394 g/mol. The van der Waals surface area contributed by atoms with Gasteiger partial charge in [-0.1, -0.05) is 30.3 Å². The topological polar surface area (TPSA) is 67.9 Å². The Morgan fingerprint density at radius 2 is 2.04 bits per heavy atom. The molecule has 0 radical (unpaired) electrons. The van der Waals surface area contributed by atoms with Gasteiger partial charge in [0.25, 0.3) is 0 Å². The highest BCUT2D eigenvalue weighted by molar-refractivity contribution is 7.89. The van der Waals surface area contributed by atoms with Crippen LogP contribution in [0.3, 0.4) is 0 Å². The number of nitrogens with zero attached hydrogens (tertiary/aromatic N) is 1. The molecule has 0 aliphatic carbocycles. The molecule has 2 aromatic rings. The Morgan fingerprint density at radius 1 is 1.26 bits per heavy atom. The molecule has 3 rings (SSSR count). The Morgan fingerprint density at radius 3 is 2.74 bits per heavy atom. The third kappa shape index (κ3) is 5.04. The summed E-state index contributed by atoms with van der Waals surface area (Å²) in [6, 6.07) is 13.5. The summed E-state index contributed by atoms with van der Waals surface area (Å²) in [6.07, 6.45) is -0.0211. The molecule has 1 saturated heterocycles. The number of morpholine rings is 1. The van der Waals surface area contributed by atoms with Crippen LogP contribution in [0.1, 0.15) is 11.7 Å². The van der Waals surface area contributed by atoms with Gasteiger partial charge in [0, 0.05) is 26.2 Å². The summed E-state index contributed by atoms with van der Waals surface area (Å²) in [5.41, 5.74) is 1.11. The van der Waals surface area contributed by atoms with Crippen LogP contribution in [0.25, 0.3) is 0 Å². The van der Waals surface area contributed by atoms with Gasteiger partial charge in [-0.05, 0) is 23.8 Å². The van der Waals surface area contributed by atoms with Gasteiger partial charge in [0.15, 0.2) is 11.6 Å². The third-order valence-electron chi connectivity index (χ3n) is 4.48. The molecule has 0 unspecified atom stereocenters. The maximum Gasteiger partial charge on any atom is 0.240 e. The minimum absolute atomic E-state index is 0.00854. The molecule has 1 atom stereocenters. The van der Waals surface area contributed by atoms with Crippen molar-refractivity contribution in [3.8, 4) is 5.75 Å². The van der Waals surface area contributed by atoms with E-state index in [0.29, 0.717) is 19.7 Å². The van der Waals surface area contributed by atoms with E-state index in [2.05, 4.69) is 9.62 Å². The van der Waals surface area contributed by atoms with Gasteiger partial charge in [0.1, 0.15) is 0 Å². The van der Waals surface area contributed by atoms with Gasteiger partial charge in [-0.15, -0.1) is 0 Å². The average Bonchev–Trinajstić information content (AvgIpc) is 2.69. The molecule has 27 heavy (non-hydrogen) atoms. The summed E-state index contributed by atoms with van der Waals surface area (Å²) in [4.78, 5) is 2.03. The van der Waals surface area contributed by atoms with E-state index in [1.807, 2.05) is 30.3 Å². The zero-order chi connectivity index (χ0) is 19.3. The number of sulfonamides is 1. The summed E-state index contributed by atoms with van der Waals surface area (Å²) in [7, 11) is -2.45. The van der Waals surface area contributed by atoms with Crippen LogP contribution in [0.15, 0.2) is 53.4 Å². The fraction of sp³-hybridized carbons (Fsp3) is 0.368. The van der Waals surface area contributed by atoms with Crippen molar-refractivity contribution < 1.29 is 22.3 Å². The molecule has 6 nitrogen and oxygen atoms in total. The van der Waals surface area contributed by atoms with E-state index in [-0.39, 0.29) is 23.3 Å². The van der Waals surface area contributed by atoms with E-state index in [9.17, 15) is 12.8 Å². The molecule has 146 valence electrons. The molecular formula is C19H23FN2O4S. The first kappa shape index (κ1) is 19.8. The van der Waals surface area contributed by atoms with Crippen LogP contribution in [-0.2, 0) is 14.8 Å². The number of nitrogens with one attached hydrogen (secondary N) is 1. The quantitative estimate of drug-likeness (QED) is 0.780. The molecular weight excluding hydrogens is 371 g/mol. The first-order valence-electron chi connectivity index (χ1n) is 8.72. The van der Waals surface area contributed by atoms with E-state index in [4.69, 9.17) is 9.47 Å². The van der Waals surface area contributed by atoms with Crippen LogP contribution < -0.4 is 9.46 Å². The predicted octanol–water partition coefficient (Wildman–Crippen LogP) is 2.19. The van der Waals surface area contributed by atoms with Crippen molar-refractivity contribution in [3.63, 3.8) is 0 Å². The maximum absolute atomic E-state index is 13.8. The number of methoxy groups -OCH3 is 1. The van der Waals surface area contributed by atoms with Gasteiger partial charge in [0.05, 0.1) is 24.7 Å². The molecule has 1 heterocycles. The maximum atomic E-state index is 13.8. The molecule has 0 saturated carbocycles. The zero-order valence-electron chi connectivity index (χ0n) is 15.1. The van der Waals surface area contributed by atoms with Crippen molar-refractivity contribution in [3.05, 3.63) is 59.9 Å². The van der Waals surface area contributed by atoms with Crippen LogP contribution in [0.4, 0.5) is 4.39 Å². The van der Waals surface area contributed by atoms with Gasteiger partial charge in [0.2, 0.25) is 10.0 Å². The number of halogens is 1. The zero-order valence-corrected chi connectivity index (χ0v) is 15.9. The monoisotopic (exact) mass is 394 g/mol. The van der Waals surface area contributed by atoms with Gasteiger partial charge in [-0.25, -0.2) is 17.5 Å². The summed E-state index contributed by atoms with van der Waals surface area (Å²) >= 11 is 0. The number of rotatable bonds is 7. The second-order valence-electron chi connectivity index (χ2n) is 6.26. The predicted molar refractivity (Wildman–Crippen MR) is 99.7 cm³/mol. The van der Waals surface area contributed by atoms with Crippen molar-refractivity contribution in [2.24, 2.45) is 0 Å². The normalized spacial score (nSPS) is 18.4. The molecule has 0 bridgehead atoms. The summed E-state index contributed by atoms with van der Waals surface area (Å²) in [5.74, 6) is -0.700. The van der Waals surface area contributed by atoms with Crippen molar-refractivity contribution in [1.82, 2.24) is 9.62 Å². The van der Waals surface area contributed by atoms with E-state index >= 15 is 0 Å². The summed E-state index contributed by atoms with van der Waals surface area (Å²) < 4.78 is 51.6. The number of ether oxygens (including phenoxy) is 2. The Kier molecular flexibility index (Phi) is 6.43. The minimum atomic E-state index is -3.78. The summed E-state index contributed by atoms with van der Waals surface area (Å²) in [5, 5.41) is 0. The Labute approximate surface area is 159 Å². The smallest absolute Gasteiger partial charge is 0.240 e. The van der Waals surface area contributed by atoms with Crippen LogP contribution in [0.5, 0.6) is 5.75 Å². The first-order valence-corrected chi connectivity index (χ1v) is 10.2. The van der Waals surface area contributed by atoms with Crippen molar-refractivity contribution in [2.45, 2.75) is 11.0 Å². The highest BCUT2D eigenvalue weighted by Gasteiger charge is 2.22. The number of benzene rings is 2. The number of hydrogen-bond donors (Lipinski definition) is 1. The lowest BCUT2D eigenvalue weighted by Crippen LogP contribution is -2.42. The van der Waals surface area contributed by atoms with E-state index < -0.39 is 15.8 Å². The third-order valence-corrected chi connectivity index (χ3v) is 5.93. The highest BCUT2D eigenvalue weighted by atomic mass is 32.2. The molecule has 0 aromatic heterocycles. The molecule has 8 heteroatoms. The van der Waals surface area contributed by atoms with E-state index in [1.54, 1.807) is 0 Å². The van der Waals surface area contributed by atoms with Gasteiger partial charge in [-0.2, -0.15) is 0 Å². The second-order valence-corrected chi connectivity index (χ2v) is 8.03. The lowest BCUT2D eigenvalue weighted by Gasteiger charge is -2.33. The van der Waals surface area contributed by atoms with Gasteiger partial charge < -0.3 is 9.47 Å². The highest BCUT2D eigenvalue weighted by Crippen LogP contribution is 2.22. The SMILES string of the molecule is COc1ccc(S(=O)(=O)NCCN2CCO[C@@H](c3ccccc3)C2)cc1F. The Bertz CT molecular complexity index is 861. The molecule has 0 amide bonds. The molecule has 1 fully saturated rings. The molecule has 1 aliphatic rings. The molecule has 0 spiro atoms. The number of hydrogen-bond acceptors (Lipinski definition) is 5. The van der Waals surface area contributed by atoms with Crippen molar-refractivity contribution in [2.75, 3.05) is 39.9 Å². The largest absolute Gasteiger partial charge is 0.494 e. The van der Waals surface area contributed by atoms with Crippen molar-refractivity contribution >= 4 is 10.0 Å².